The molecular weight excluding hydrogens is 320 g/mol. The minimum Gasteiger partial charge on any atom is -0.381 e. The van der Waals surface area contributed by atoms with Gasteiger partial charge >= 0.3 is 0 Å². The van der Waals surface area contributed by atoms with E-state index in [4.69, 9.17) is 0 Å². The highest BCUT2D eigenvalue weighted by Crippen LogP contribution is 2.16. The minimum atomic E-state index is -0.0918. The van der Waals surface area contributed by atoms with Crippen molar-refractivity contribution in [3.05, 3.63) is 21.0 Å². The van der Waals surface area contributed by atoms with Gasteiger partial charge in [-0.05, 0) is 49.3 Å². The van der Waals surface area contributed by atoms with Gasteiger partial charge in [0, 0.05) is 13.1 Å². The summed E-state index contributed by atoms with van der Waals surface area (Å²) in [5, 5.41) is 7.47. The first-order chi connectivity index (χ1) is 9.51. The molecule has 0 spiro atoms. The number of likely N-dealkylation sites (N-methyl/N-ethyl adjacent to an activating group) is 1. The predicted molar refractivity (Wildman–Crippen MR) is 87.5 cm³/mol. The molecule has 20 heavy (non-hydrogen) atoms. The van der Waals surface area contributed by atoms with Crippen molar-refractivity contribution in [1.82, 2.24) is 14.7 Å². The Morgan fingerprint density at radius 1 is 1.40 bits per heavy atom. The van der Waals surface area contributed by atoms with Crippen LogP contribution in [0.2, 0.25) is 0 Å². The Bertz CT molecular complexity index is 473. The summed E-state index contributed by atoms with van der Waals surface area (Å²) in [6, 6.07) is 0.0630. The van der Waals surface area contributed by atoms with Gasteiger partial charge in [-0.2, -0.15) is 5.10 Å². The Balaban J connectivity index is 2.65. The topological polar surface area (TPSA) is 50.2 Å². The van der Waals surface area contributed by atoms with E-state index in [1.54, 1.807) is 6.20 Å². The van der Waals surface area contributed by atoms with Crippen LogP contribution >= 0.6 is 15.9 Å². The van der Waals surface area contributed by atoms with Gasteiger partial charge in [-0.1, -0.05) is 13.8 Å². The van der Waals surface area contributed by atoms with Gasteiger partial charge in [-0.15, -0.1) is 0 Å². The van der Waals surface area contributed by atoms with Crippen molar-refractivity contribution in [2.24, 2.45) is 0 Å². The van der Waals surface area contributed by atoms with Crippen LogP contribution in [0.1, 0.15) is 40.2 Å². The zero-order chi connectivity index (χ0) is 15.1. The fraction of sp³-hybridized carbons (Fsp3) is 0.714. The molecule has 5 nitrogen and oxygen atoms in total. The van der Waals surface area contributed by atoms with Crippen LogP contribution in [0, 0.1) is 0 Å². The molecule has 0 fully saturated rings. The van der Waals surface area contributed by atoms with Gasteiger partial charge in [0.25, 0.3) is 5.56 Å². The summed E-state index contributed by atoms with van der Waals surface area (Å²) in [7, 11) is 0. The molecule has 0 aliphatic rings. The standard InChI is InChI=1S/C14H25BrN4O/c1-5-8-18(6-2)9-7-16-12-10-17-19(11(3)4)14(20)13(12)15/h10-11,16H,5-9H2,1-4H3. The highest BCUT2D eigenvalue weighted by molar-refractivity contribution is 9.10. The van der Waals surface area contributed by atoms with Crippen LogP contribution in [0.4, 0.5) is 5.69 Å². The summed E-state index contributed by atoms with van der Waals surface area (Å²) in [5.41, 5.74) is 0.672. The van der Waals surface area contributed by atoms with Crippen molar-refractivity contribution in [2.45, 2.75) is 40.2 Å². The number of aromatic nitrogens is 2. The minimum absolute atomic E-state index is 0.0630. The molecule has 1 N–H and O–H groups in total. The molecular formula is C14H25BrN4O. The van der Waals surface area contributed by atoms with Gasteiger partial charge in [0.05, 0.1) is 17.9 Å². The number of hydrogen-bond donors (Lipinski definition) is 1. The average Bonchev–Trinajstić information content (AvgIpc) is 2.42. The number of nitrogens with one attached hydrogen (secondary N) is 1. The molecule has 0 aliphatic heterocycles. The summed E-state index contributed by atoms with van der Waals surface area (Å²) >= 11 is 3.36. The third-order valence-corrected chi connectivity index (χ3v) is 3.93. The van der Waals surface area contributed by atoms with E-state index in [0.29, 0.717) is 4.47 Å². The van der Waals surface area contributed by atoms with E-state index in [9.17, 15) is 4.79 Å². The van der Waals surface area contributed by atoms with Crippen LogP contribution in [-0.2, 0) is 0 Å². The van der Waals surface area contributed by atoms with Crippen LogP contribution in [-0.4, -0.2) is 40.9 Å². The molecule has 0 unspecified atom stereocenters. The lowest BCUT2D eigenvalue weighted by molar-refractivity contribution is 0.300. The lowest BCUT2D eigenvalue weighted by Gasteiger charge is -2.20. The maximum Gasteiger partial charge on any atom is 0.283 e. The molecule has 1 heterocycles. The maximum atomic E-state index is 12.1. The molecule has 0 aliphatic carbocycles. The smallest absolute Gasteiger partial charge is 0.283 e. The van der Waals surface area contributed by atoms with Gasteiger partial charge in [0.1, 0.15) is 4.47 Å². The van der Waals surface area contributed by atoms with Crippen LogP contribution in [0.15, 0.2) is 15.5 Å². The molecule has 0 bridgehead atoms. The van der Waals surface area contributed by atoms with Crippen molar-refractivity contribution in [3.8, 4) is 0 Å². The van der Waals surface area contributed by atoms with Crippen LogP contribution in [0.25, 0.3) is 0 Å². The molecule has 1 aromatic heterocycles. The summed E-state index contributed by atoms with van der Waals surface area (Å²) in [4.78, 5) is 14.5. The van der Waals surface area contributed by atoms with E-state index in [2.05, 4.69) is 45.1 Å². The van der Waals surface area contributed by atoms with Crippen molar-refractivity contribution < 1.29 is 0 Å². The number of hydrogen-bond acceptors (Lipinski definition) is 4. The molecule has 114 valence electrons. The Labute approximate surface area is 129 Å². The highest BCUT2D eigenvalue weighted by atomic mass is 79.9. The second-order valence-corrected chi connectivity index (χ2v) is 5.87. The van der Waals surface area contributed by atoms with Gasteiger partial charge in [-0.25, -0.2) is 4.68 Å². The van der Waals surface area contributed by atoms with E-state index < -0.39 is 0 Å². The monoisotopic (exact) mass is 344 g/mol. The second-order valence-electron chi connectivity index (χ2n) is 5.08. The Morgan fingerprint density at radius 3 is 2.65 bits per heavy atom. The largest absolute Gasteiger partial charge is 0.381 e. The van der Waals surface area contributed by atoms with Gasteiger partial charge in [0.2, 0.25) is 0 Å². The van der Waals surface area contributed by atoms with E-state index in [-0.39, 0.29) is 11.6 Å². The quantitative estimate of drug-likeness (QED) is 0.787. The Hall–Kier alpha value is -0.880. The van der Waals surface area contributed by atoms with Gasteiger partial charge < -0.3 is 10.2 Å². The van der Waals surface area contributed by atoms with Crippen molar-refractivity contribution in [3.63, 3.8) is 0 Å². The lowest BCUT2D eigenvalue weighted by atomic mass is 10.3. The third kappa shape index (κ3) is 4.59. The number of nitrogens with zero attached hydrogens (tertiary/aromatic N) is 3. The average molecular weight is 345 g/mol. The maximum absolute atomic E-state index is 12.1. The van der Waals surface area contributed by atoms with E-state index in [0.717, 1.165) is 38.3 Å². The van der Waals surface area contributed by atoms with Gasteiger partial charge in [-0.3, -0.25) is 4.79 Å². The third-order valence-electron chi connectivity index (χ3n) is 3.16. The first-order valence-electron chi connectivity index (χ1n) is 7.24. The first kappa shape index (κ1) is 17.2. The molecule has 6 heteroatoms. The molecule has 0 atom stereocenters. The summed E-state index contributed by atoms with van der Waals surface area (Å²) in [5.74, 6) is 0. The fourth-order valence-electron chi connectivity index (χ4n) is 2.03. The molecule has 0 aromatic carbocycles. The number of rotatable bonds is 8. The normalized spacial score (nSPS) is 11.3. The van der Waals surface area contributed by atoms with Crippen molar-refractivity contribution in [1.29, 1.82) is 0 Å². The lowest BCUT2D eigenvalue weighted by Crippen LogP contribution is -2.30. The van der Waals surface area contributed by atoms with Crippen LogP contribution in [0.5, 0.6) is 0 Å². The predicted octanol–water partition coefficient (Wildman–Crippen LogP) is 2.73. The molecule has 0 amide bonds. The highest BCUT2D eigenvalue weighted by Gasteiger charge is 2.10. The second kappa shape index (κ2) is 8.42. The molecule has 1 rings (SSSR count). The number of anilines is 1. The summed E-state index contributed by atoms with van der Waals surface area (Å²) in [6.45, 7) is 12.1. The Kier molecular flexibility index (Phi) is 7.23. The molecule has 1 aromatic rings. The van der Waals surface area contributed by atoms with Gasteiger partial charge in [0.15, 0.2) is 0 Å². The van der Waals surface area contributed by atoms with Crippen molar-refractivity contribution in [2.75, 3.05) is 31.5 Å². The summed E-state index contributed by atoms with van der Waals surface area (Å²) in [6.07, 6.45) is 2.87. The zero-order valence-corrected chi connectivity index (χ0v) is 14.4. The Morgan fingerprint density at radius 2 is 2.10 bits per heavy atom. The van der Waals surface area contributed by atoms with Crippen LogP contribution in [0.3, 0.4) is 0 Å². The SMILES string of the molecule is CCCN(CC)CCNc1cnn(C(C)C)c(=O)c1Br. The number of halogens is 1. The zero-order valence-electron chi connectivity index (χ0n) is 12.8. The van der Waals surface area contributed by atoms with E-state index in [1.165, 1.54) is 4.68 Å². The molecule has 0 saturated carbocycles. The molecule has 0 saturated heterocycles. The van der Waals surface area contributed by atoms with E-state index >= 15 is 0 Å². The first-order valence-corrected chi connectivity index (χ1v) is 8.04. The fourth-order valence-corrected chi connectivity index (χ4v) is 2.45. The van der Waals surface area contributed by atoms with Crippen molar-refractivity contribution >= 4 is 21.6 Å². The summed E-state index contributed by atoms with van der Waals surface area (Å²) < 4.78 is 2.03. The van der Waals surface area contributed by atoms with E-state index in [1.807, 2.05) is 13.8 Å². The van der Waals surface area contributed by atoms with Crippen LogP contribution < -0.4 is 10.9 Å². The molecule has 0 radical (unpaired) electrons.